The number of hydrogen-bond donors (Lipinski definition) is 1. The van der Waals surface area contributed by atoms with E-state index in [9.17, 15) is 14.7 Å². The zero-order chi connectivity index (χ0) is 17.6. The van der Waals surface area contributed by atoms with Crippen LogP contribution in [0.25, 0.3) is 0 Å². The molecule has 3 aromatic rings. The minimum atomic E-state index is -1.17. The number of carboxylic acid groups (broad SMARTS) is 1. The Morgan fingerprint density at radius 3 is 1.92 bits per heavy atom. The highest BCUT2D eigenvalue weighted by atomic mass is 16.5. The van der Waals surface area contributed by atoms with Crippen molar-refractivity contribution >= 4 is 11.9 Å². The van der Waals surface area contributed by atoms with Crippen LogP contribution in [0.1, 0.15) is 20.7 Å². The Labute approximate surface area is 144 Å². The molecule has 0 saturated heterocycles. The van der Waals surface area contributed by atoms with Crippen LogP contribution >= 0.6 is 0 Å². The van der Waals surface area contributed by atoms with E-state index in [1.807, 2.05) is 18.2 Å². The Bertz CT molecular complexity index is 903. The molecule has 0 amide bonds. The monoisotopic (exact) mass is 334 g/mol. The van der Waals surface area contributed by atoms with Gasteiger partial charge in [-0.3, -0.25) is 0 Å². The van der Waals surface area contributed by atoms with Gasteiger partial charge in [0.2, 0.25) is 0 Å². The van der Waals surface area contributed by atoms with Gasteiger partial charge in [-0.05, 0) is 36.4 Å². The van der Waals surface area contributed by atoms with E-state index >= 15 is 0 Å². The molecule has 0 aliphatic rings. The summed E-state index contributed by atoms with van der Waals surface area (Å²) in [5.41, 5.74) is 0.115. The number of hydrogen-bond acceptors (Lipinski definition) is 4. The van der Waals surface area contributed by atoms with Crippen molar-refractivity contribution in [3.8, 4) is 17.2 Å². The summed E-state index contributed by atoms with van der Waals surface area (Å²) in [6, 6.07) is 21.6. The third-order valence-electron chi connectivity index (χ3n) is 3.40. The molecule has 5 heteroatoms. The third kappa shape index (κ3) is 3.84. The first-order valence-corrected chi connectivity index (χ1v) is 7.51. The quantitative estimate of drug-likeness (QED) is 0.553. The first kappa shape index (κ1) is 16.3. The molecular formula is C20H14O5. The minimum absolute atomic E-state index is 0.0190. The van der Waals surface area contributed by atoms with Crippen molar-refractivity contribution in [3.05, 3.63) is 90.0 Å². The van der Waals surface area contributed by atoms with Crippen molar-refractivity contribution < 1.29 is 24.2 Å². The fourth-order valence-corrected chi connectivity index (χ4v) is 2.23. The van der Waals surface area contributed by atoms with Crippen LogP contribution in [0.15, 0.2) is 78.9 Å². The van der Waals surface area contributed by atoms with Crippen LogP contribution < -0.4 is 9.47 Å². The van der Waals surface area contributed by atoms with Crippen molar-refractivity contribution in [1.29, 1.82) is 0 Å². The van der Waals surface area contributed by atoms with Crippen LogP contribution in [-0.4, -0.2) is 17.0 Å². The van der Waals surface area contributed by atoms with Gasteiger partial charge in [-0.2, -0.15) is 0 Å². The number of benzene rings is 3. The molecule has 0 saturated carbocycles. The predicted molar refractivity (Wildman–Crippen MR) is 91.3 cm³/mol. The number of aromatic carboxylic acids is 1. The van der Waals surface area contributed by atoms with Gasteiger partial charge in [0.15, 0.2) is 0 Å². The largest absolute Gasteiger partial charge is 0.478 e. The second-order valence-electron chi connectivity index (χ2n) is 5.10. The summed E-state index contributed by atoms with van der Waals surface area (Å²) in [6.45, 7) is 0. The van der Waals surface area contributed by atoms with Crippen LogP contribution in [0, 0.1) is 0 Å². The maximum atomic E-state index is 12.5. The average Bonchev–Trinajstić information content (AvgIpc) is 2.63. The number of carbonyl (C=O) groups is 2. The number of esters is 1. The molecule has 0 radical (unpaired) electrons. The van der Waals surface area contributed by atoms with E-state index in [-0.39, 0.29) is 16.9 Å². The van der Waals surface area contributed by atoms with Gasteiger partial charge in [-0.15, -0.1) is 0 Å². The Morgan fingerprint density at radius 2 is 1.24 bits per heavy atom. The lowest BCUT2D eigenvalue weighted by Gasteiger charge is -2.11. The summed E-state index contributed by atoms with van der Waals surface area (Å²) < 4.78 is 11.0. The van der Waals surface area contributed by atoms with Crippen LogP contribution in [0.2, 0.25) is 0 Å². The Balaban J connectivity index is 1.87. The summed E-state index contributed by atoms with van der Waals surface area (Å²) in [5.74, 6) is -0.979. The lowest BCUT2D eigenvalue weighted by Crippen LogP contribution is -2.12. The van der Waals surface area contributed by atoms with Gasteiger partial charge in [0, 0.05) is 0 Å². The molecule has 0 fully saturated rings. The number of carbonyl (C=O) groups excluding carboxylic acids is 1. The number of rotatable bonds is 5. The molecule has 5 nitrogen and oxygen atoms in total. The van der Waals surface area contributed by atoms with Crippen molar-refractivity contribution in [2.24, 2.45) is 0 Å². The van der Waals surface area contributed by atoms with Gasteiger partial charge in [0.05, 0.1) is 0 Å². The first-order chi connectivity index (χ1) is 12.1. The highest BCUT2D eigenvalue weighted by Crippen LogP contribution is 2.27. The van der Waals surface area contributed by atoms with E-state index in [2.05, 4.69) is 0 Å². The highest BCUT2D eigenvalue weighted by molar-refractivity contribution is 5.97. The molecule has 0 aromatic heterocycles. The second-order valence-corrected chi connectivity index (χ2v) is 5.10. The normalized spacial score (nSPS) is 10.1. The molecule has 0 bridgehead atoms. The Morgan fingerprint density at radius 1 is 0.680 bits per heavy atom. The molecule has 0 aliphatic heterocycles. The Hall–Kier alpha value is -3.60. The summed E-state index contributed by atoms with van der Waals surface area (Å²) in [5, 5.41) is 9.18. The average molecular weight is 334 g/mol. The van der Waals surface area contributed by atoms with E-state index in [0.29, 0.717) is 11.5 Å². The van der Waals surface area contributed by atoms with E-state index in [1.165, 1.54) is 12.1 Å². The molecule has 0 spiro atoms. The molecule has 3 rings (SSSR count). The summed E-state index contributed by atoms with van der Waals surface area (Å²) in [7, 11) is 0. The fraction of sp³-hybridized carbons (Fsp3) is 0. The molecular weight excluding hydrogens is 320 g/mol. The van der Waals surface area contributed by atoms with Gasteiger partial charge in [0.1, 0.15) is 28.4 Å². The molecule has 3 aromatic carbocycles. The van der Waals surface area contributed by atoms with Crippen molar-refractivity contribution in [2.45, 2.75) is 0 Å². The summed E-state index contributed by atoms with van der Waals surface area (Å²) in [4.78, 5) is 23.7. The van der Waals surface area contributed by atoms with Gasteiger partial charge in [0.25, 0.3) is 0 Å². The fourth-order valence-electron chi connectivity index (χ4n) is 2.23. The van der Waals surface area contributed by atoms with E-state index < -0.39 is 11.9 Å². The molecule has 0 heterocycles. The number of para-hydroxylation sites is 3. The molecule has 124 valence electrons. The summed E-state index contributed by atoms with van der Waals surface area (Å²) >= 11 is 0. The van der Waals surface area contributed by atoms with Crippen molar-refractivity contribution in [3.63, 3.8) is 0 Å². The Kier molecular flexibility index (Phi) is 4.76. The highest BCUT2D eigenvalue weighted by Gasteiger charge is 2.18. The summed E-state index contributed by atoms with van der Waals surface area (Å²) in [6.07, 6.45) is 0. The topological polar surface area (TPSA) is 72.8 Å². The maximum absolute atomic E-state index is 12.5. The molecule has 25 heavy (non-hydrogen) atoms. The van der Waals surface area contributed by atoms with Crippen LogP contribution in [-0.2, 0) is 0 Å². The van der Waals surface area contributed by atoms with E-state index in [1.54, 1.807) is 48.5 Å². The number of carboxylic acids is 1. The van der Waals surface area contributed by atoms with Crippen molar-refractivity contribution in [1.82, 2.24) is 0 Å². The molecule has 1 N–H and O–H groups in total. The first-order valence-electron chi connectivity index (χ1n) is 7.51. The third-order valence-corrected chi connectivity index (χ3v) is 3.40. The molecule has 0 atom stereocenters. The standard InChI is InChI=1S/C20H14O5/c21-19(22)15-10-4-6-12-17(15)25-20(23)16-11-5-7-13-18(16)24-14-8-2-1-3-9-14/h1-13H,(H,21,22). The predicted octanol–water partition coefficient (Wildman–Crippen LogP) is 4.40. The molecule has 0 unspecified atom stereocenters. The minimum Gasteiger partial charge on any atom is -0.478 e. The van der Waals surface area contributed by atoms with Crippen LogP contribution in [0.3, 0.4) is 0 Å². The van der Waals surface area contributed by atoms with Crippen LogP contribution in [0.5, 0.6) is 17.2 Å². The maximum Gasteiger partial charge on any atom is 0.347 e. The second kappa shape index (κ2) is 7.31. The lowest BCUT2D eigenvalue weighted by atomic mass is 10.2. The smallest absolute Gasteiger partial charge is 0.347 e. The lowest BCUT2D eigenvalue weighted by molar-refractivity contribution is 0.0681. The van der Waals surface area contributed by atoms with Gasteiger partial charge in [-0.1, -0.05) is 42.5 Å². The number of ether oxygens (including phenoxy) is 2. The van der Waals surface area contributed by atoms with E-state index in [0.717, 1.165) is 0 Å². The van der Waals surface area contributed by atoms with Gasteiger partial charge in [-0.25, -0.2) is 9.59 Å². The van der Waals surface area contributed by atoms with Gasteiger partial charge < -0.3 is 14.6 Å². The van der Waals surface area contributed by atoms with Crippen molar-refractivity contribution in [2.75, 3.05) is 0 Å². The van der Waals surface area contributed by atoms with E-state index in [4.69, 9.17) is 9.47 Å². The SMILES string of the molecule is O=C(O)c1ccccc1OC(=O)c1ccccc1Oc1ccccc1. The molecule has 0 aliphatic carbocycles. The zero-order valence-electron chi connectivity index (χ0n) is 13.1. The van der Waals surface area contributed by atoms with Crippen LogP contribution in [0.4, 0.5) is 0 Å². The zero-order valence-corrected chi connectivity index (χ0v) is 13.1. The van der Waals surface area contributed by atoms with Gasteiger partial charge >= 0.3 is 11.9 Å².